The SMILES string of the molecule is O=C(c1ccncc1)N1C[C@@H]2C[C@H](C1)c1c(-c3ccco3)ccc(=O)n1C2. The third-order valence-electron chi connectivity index (χ3n) is 5.59. The minimum atomic E-state index is 0.0175. The van der Waals surface area contributed by atoms with Gasteiger partial charge in [0.15, 0.2) is 0 Å². The Labute approximate surface area is 156 Å². The highest BCUT2D eigenvalue weighted by Crippen LogP contribution is 2.40. The van der Waals surface area contributed by atoms with Gasteiger partial charge in [0.05, 0.1) is 6.26 Å². The molecule has 3 aromatic heterocycles. The van der Waals surface area contributed by atoms with Crippen molar-refractivity contribution in [1.82, 2.24) is 14.5 Å². The Hall–Kier alpha value is -3.15. The lowest BCUT2D eigenvalue weighted by Crippen LogP contribution is -2.49. The molecule has 2 aliphatic heterocycles. The molecule has 0 unspecified atom stereocenters. The number of carbonyl (C=O) groups excluding carboxylic acids is 1. The van der Waals surface area contributed by atoms with E-state index in [9.17, 15) is 9.59 Å². The van der Waals surface area contributed by atoms with Crippen molar-refractivity contribution in [1.29, 1.82) is 0 Å². The van der Waals surface area contributed by atoms with E-state index >= 15 is 0 Å². The number of furan rings is 1. The largest absolute Gasteiger partial charge is 0.464 e. The van der Waals surface area contributed by atoms with Gasteiger partial charge in [0, 0.05) is 60.8 Å². The molecule has 1 amide bonds. The van der Waals surface area contributed by atoms with Gasteiger partial charge in [-0.25, -0.2) is 0 Å². The van der Waals surface area contributed by atoms with Crippen molar-refractivity contribution in [3.8, 4) is 11.3 Å². The van der Waals surface area contributed by atoms with E-state index in [0.29, 0.717) is 25.2 Å². The average Bonchev–Trinajstić information content (AvgIpc) is 3.23. The summed E-state index contributed by atoms with van der Waals surface area (Å²) in [5.74, 6) is 1.19. The predicted octanol–water partition coefficient (Wildman–Crippen LogP) is 2.76. The highest BCUT2D eigenvalue weighted by atomic mass is 16.3. The van der Waals surface area contributed by atoms with Crippen LogP contribution in [0.3, 0.4) is 0 Å². The molecule has 5 heterocycles. The Morgan fingerprint density at radius 2 is 1.93 bits per heavy atom. The van der Waals surface area contributed by atoms with Crippen LogP contribution in [0.15, 0.2) is 64.3 Å². The van der Waals surface area contributed by atoms with E-state index in [2.05, 4.69) is 4.98 Å². The number of pyridine rings is 2. The van der Waals surface area contributed by atoms with Gasteiger partial charge in [-0.15, -0.1) is 0 Å². The van der Waals surface area contributed by atoms with Crippen molar-refractivity contribution in [3.05, 3.63) is 76.7 Å². The van der Waals surface area contributed by atoms with Crippen LogP contribution in [0.1, 0.15) is 28.4 Å². The summed E-state index contributed by atoms with van der Waals surface area (Å²) in [5.41, 5.74) is 2.60. The molecule has 6 heteroatoms. The number of hydrogen-bond donors (Lipinski definition) is 0. The maximum Gasteiger partial charge on any atom is 0.253 e. The molecule has 0 saturated carbocycles. The third kappa shape index (κ3) is 2.68. The fraction of sp³-hybridized carbons (Fsp3) is 0.286. The van der Waals surface area contributed by atoms with E-state index in [4.69, 9.17) is 4.42 Å². The van der Waals surface area contributed by atoms with Crippen LogP contribution in [0, 0.1) is 5.92 Å². The summed E-state index contributed by atoms with van der Waals surface area (Å²) in [6.07, 6.45) is 5.91. The summed E-state index contributed by atoms with van der Waals surface area (Å²) in [7, 11) is 0. The monoisotopic (exact) mass is 361 g/mol. The lowest BCUT2D eigenvalue weighted by Gasteiger charge is -2.43. The normalized spacial score (nSPS) is 21.0. The van der Waals surface area contributed by atoms with Gasteiger partial charge in [0.1, 0.15) is 5.76 Å². The van der Waals surface area contributed by atoms with E-state index in [1.807, 2.05) is 27.7 Å². The van der Waals surface area contributed by atoms with Crippen LogP contribution < -0.4 is 5.56 Å². The summed E-state index contributed by atoms with van der Waals surface area (Å²) in [5, 5.41) is 0. The summed E-state index contributed by atoms with van der Waals surface area (Å²) in [6.45, 7) is 1.92. The van der Waals surface area contributed by atoms with Gasteiger partial charge < -0.3 is 13.9 Å². The molecule has 0 aromatic carbocycles. The highest BCUT2D eigenvalue weighted by Gasteiger charge is 2.38. The maximum absolute atomic E-state index is 12.9. The Bertz CT molecular complexity index is 1040. The van der Waals surface area contributed by atoms with Crippen LogP contribution in [0.2, 0.25) is 0 Å². The zero-order chi connectivity index (χ0) is 18.4. The number of carbonyl (C=O) groups is 1. The number of piperidine rings is 1. The molecule has 27 heavy (non-hydrogen) atoms. The van der Waals surface area contributed by atoms with Crippen LogP contribution in [0.4, 0.5) is 0 Å². The number of nitrogens with zero attached hydrogens (tertiary/aromatic N) is 3. The Morgan fingerprint density at radius 3 is 2.70 bits per heavy atom. The van der Waals surface area contributed by atoms with E-state index in [0.717, 1.165) is 23.4 Å². The zero-order valence-electron chi connectivity index (χ0n) is 14.7. The molecule has 136 valence electrons. The predicted molar refractivity (Wildman–Crippen MR) is 99.4 cm³/mol. The first-order valence-corrected chi connectivity index (χ1v) is 9.17. The van der Waals surface area contributed by atoms with E-state index in [1.54, 1.807) is 36.9 Å². The van der Waals surface area contributed by atoms with Gasteiger partial charge in [-0.1, -0.05) is 0 Å². The van der Waals surface area contributed by atoms with Crippen LogP contribution in [-0.4, -0.2) is 33.4 Å². The van der Waals surface area contributed by atoms with Crippen molar-refractivity contribution in [3.63, 3.8) is 0 Å². The lowest BCUT2D eigenvalue weighted by molar-refractivity contribution is 0.0595. The molecule has 2 bridgehead atoms. The van der Waals surface area contributed by atoms with Gasteiger partial charge in [0.25, 0.3) is 11.5 Å². The van der Waals surface area contributed by atoms with Crippen LogP contribution in [0.25, 0.3) is 11.3 Å². The Balaban J connectivity index is 1.54. The van der Waals surface area contributed by atoms with Crippen molar-refractivity contribution < 1.29 is 9.21 Å². The first-order valence-electron chi connectivity index (χ1n) is 9.17. The van der Waals surface area contributed by atoms with Crippen molar-refractivity contribution in [2.75, 3.05) is 13.1 Å². The molecule has 0 radical (unpaired) electrons. The molecular weight excluding hydrogens is 342 g/mol. The lowest BCUT2D eigenvalue weighted by atomic mass is 9.81. The van der Waals surface area contributed by atoms with Gasteiger partial charge in [0.2, 0.25) is 0 Å². The molecule has 0 N–H and O–H groups in total. The van der Waals surface area contributed by atoms with Crippen LogP contribution in [0.5, 0.6) is 0 Å². The standard InChI is InChI=1S/C21H19N3O3/c25-19-4-3-17(18-2-1-9-27-18)20-16-10-14(12-24(19)20)11-23(13-16)21(26)15-5-7-22-8-6-15/h1-9,14,16H,10-13H2/t14-,16+/m0/s1. The molecule has 0 aliphatic carbocycles. The van der Waals surface area contributed by atoms with Gasteiger partial charge in [-0.2, -0.15) is 0 Å². The van der Waals surface area contributed by atoms with E-state index < -0.39 is 0 Å². The summed E-state index contributed by atoms with van der Waals surface area (Å²) in [4.78, 5) is 31.3. The topological polar surface area (TPSA) is 68.3 Å². The molecular formula is C21H19N3O3. The van der Waals surface area contributed by atoms with Crippen molar-refractivity contribution in [2.45, 2.75) is 18.9 Å². The zero-order valence-corrected chi connectivity index (χ0v) is 14.7. The van der Waals surface area contributed by atoms with Crippen LogP contribution in [-0.2, 0) is 6.54 Å². The number of aromatic nitrogens is 2. The first kappa shape index (κ1) is 16.1. The average molecular weight is 361 g/mol. The smallest absolute Gasteiger partial charge is 0.253 e. The molecule has 1 fully saturated rings. The highest BCUT2D eigenvalue weighted by molar-refractivity contribution is 5.94. The van der Waals surface area contributed by atoms with E-state index in [-0.39, 0.29) is 23.3 Å². The second kappa shape index (κ2) is 6.23. The minimum absolute atomic E-state index is 0.0175. The summed E-state index contributed by atoms with van der Waals surface area (Å²) < 4.78 is 7.48. The molecule has 2 aliphatic rings. The molecule has 3 aromatic rings. The molecule has 5 rings (SSSR count). The summed E-state index contributed by atoms with van der Waals surface area (Å²) >= 11 is 0. The van der Waals surface area contributed by atoms with Crippen LogP contribution >= 0.6 is 0 Å². The fourth-order valence-corrected chi connectivity index (χ4v) is 4.50. The number of amides is 1. The number of likely N-dealkylation sites (tertiary alicyclic amines) is 1. The fourth-order valence-electron chi connectivity index (χ4n) is 4.50. The number of hydrogen-bond acceptors (Lipinski definition) is 4. The Kier molecular flexibility index (Phi) is 3.70. The summed E-state index contributed by atoms with van der Waals surface area (Å²) in [6, 6.07) is 10.7. The second-order valence-electron chi connectivity index (χ2n) is 7.30. The van der Waals surface area contributed by atoms with Crippen molar-refractivity contribution >= 4 is 5.91 Å². The maximum atomic E-state index is 12.9. The van der Waals surface area contributed by atoms with Crippen molar-refractivity contribution in [2.24, 2.45) is 5.92 Å². The Morgan fingerprint density at radius 1 is 1.07 bits per heavy atom. The minimum Gasteiger partial charge on any atom is -0.464 e. The number of fused-ring (bicyclic) bond motifs is 4. The van der Waals surface area contributed by atoms with Gasteiger partial charge in [-0.05, 0) is 42.7 Å². The third-order valence-corrected chi connectivity index (χ3v) is 5.59. The van der Waals surface area contributed by atoms with Gasteiger partial charge >= 0.3 is 0 Å². The van der Waals surface area contributed by atoms with E-state index in [1.165, 1.54) is 0 Å². The quantitative estimate of drug-likeness (QED) is 0.704. The molecule has 0 spiro atoms. The molecule has 1 saturated heterocycles. The molecule has 2 atom stereocenters. The number of rotatable bonds is 2. The molecule has 6 nitrogen and oxygen atoms in total. The van der Waals surface area contributed by atoms with Gasteiger partial charge in [-0.3, -0.25) is 14.6 Å². The second-order valence-corrected chi connectivity index (χ2v) is 7.30. The first-order chi connectivity index (χ1) is 13.2.